The first-order valence-electron chi connectivity index (χ1n) is 7.66. The SMILES string of the molecule is COCCC(C)NC(=O)NCC1(C(=O)O)CCC(C)CC1. The monoisotopic (exact) mass is 300 g/mol. The molecule has 0 radical (unpaired) electrons. The van der Waals surface area contributed by atoms with Gasteiger partial charge in [-0.25, -0.2) is 4.79 Å². The van der Waals surface area contributed by atoms with Gasteiger partial charge in [0.2, 0.25) is 0 Å². The number of carboxylic acid groups (broad SMARTS) is 1. The first-order valence-corrected chi connectivity index (χ1v) is 7.66. The first kappa shape index (κ1) is 17.8. The molecule has 122 valence electrons. The Hall–Kier alpha value is -1.30. The molecule has 1 atom stereocenters. The highest BCUT2D eigenvalue weighted by Gasteiger charge is 2.41. The van der Waals surface area contributed by atoms with Crippen LogP contribution >= 0.6 is 0 Å². The van der Waals surface area contributed by atoms with E-state index in [9.17, 15) is 14.7 Å². The fourth-order valence-corrected chi connectivity index (χ4v) is 2.67. The number of nitrogens with one attached hydrogen (secondary N) is 2. The normalized spacial score (nSPS) is 26.9. The van der Waals surface area contributed by atoms with Gasteiger partial charge in [0.1, 0.15) is 0 Å². The van der Waals surface area contributed by atoms with Crippen molar-refractivity contribution in [2.24, 2.45) is 11.3 Å². The zero-order valence-electron chi connectivity index (χ0n) is 13.3. The van der Waals surface area contributed by atoms with Gasteiger partial charge in [-0.15, -0.1) is 0 Å². The summed E-state index contributed by atoms with van der Waals surface area (Å²) in [5.74, 6) is -0.234. The Bertz CT molecular complexity index is 352. The van der Waals surface area contributed by atoms with Crippen molar-refractivity contribution in [1.29, 1.82) is 0 Å². The van der Waals surface area contributed by atoms with Crippen molar-refractivity contribution in [2.45, 2.75) is 52.0 Å². The predicted molar refractivity (Wildman–Crippen MR) is 80.2 cm³/mol. The van der Waals surface area contributed by atoms with Crippen molar-refractivity contribution in [3.8, 4) is 0 Å². The molecule has 1 aliphatic carbocycles. The summed E-state index contributed by atoms with van der Waals surface area (Å²) in [4.78, 5) is 23.4. The van der Waals surface area contributed by atoms with Gasteiger partial charge in [0.25, 0.3) is 0 Å². The Labute approximate surface area is 126 Å². The Balaban J connectivity index is 2.43. The second-order valence-electron chi connectivity index (χ2n) is 6.28. The Kier molecular flexibility index (Phi) is 6.95. The maximum absolute atomic E-state index is 11.8. The number of carbonyl (C=O) groups is 2. The first-order chi connectivity index (χ1) is 9.89. The summed E-state index contributed by atoms with van der Waals surface area (Å²) in [7, 11) is 1.62. The molecule has 2 amide bonds. The third-order valence-corrected chi connectivity index (χ3v) is 4.40. The summed E-state index contributed by atoms with van der Waals surface area (Å²) in [6, 6.07) is -0.310. The molecule has 1 rings (SSSR count). The van der Waals surface area contributed by atoms with Crippen LogP contribution in [-0.2, 0) is 9.53 Å². The van der Waals surface area contributed by atoms with Gasteiger partial charge in [0.15, 0.2) is 0 Å². The highest BCUT2D eigenvalue weighted by atomic mass is 16.5. The zero-order chi connectivity index (χ0) is 15.9. The number of hydrogen-bond acceptors (Lipinski definition) is 3. The van der Waals surface area contributed by atoms with E-state index < -0.39 is 11.4 Å². The highest BCUT2D eigenvalue weighted by Crippen LogP contribution is 2.38. The lowest BCUT2D eigenvalue weighted by Crippen LogP contribution is -2.49. The van der Waals surface area contributed by atoms with E-state index in [2.05, 4.69) is 17.6 Å². The van der Waals surface area contributed by atoms with Crippen LogP contribution in [-0.4, -0.2) is 43.4 Å². The van der Waals surface area contributed by atoms with E-state index in [0.717, 1.165) is 19.3 Å². The number of amides is 2. The number of methoxy groups -OCH3 is 1. The summed E-state index contributed by atoms with van der Waals surface area (Å²) in [6.07, 6.45) is 3.79. The summed E-state index contributed by atoms with van der Waals surface area (Å²) >= 11 is 0. The minimum atomic E-state index is -0.806. The number of rotatable bonds is 7. The topological polar surface area (TPSA) is 87.7 Å². The van der Waals surface area contributed by atoms with Crippen LogP contribution in [0.15, 0.2) is 0 Å². The lowest BCUT2D eigenvalue weighted by atomic mass is 9.71. The van der Waals surface area contributed by atoms with E-state index in [0.29, 0.717) is 25.4 Å². The fraction of sp³-hybridized carbons (Fsp3) is 0.867. The molecule has 21 heavy (non-hydrogen) atoms. The van der Waals surface area contributed by atoms with E-state index in [1.165, 1.54) is 0 Å². The summed E-state index contributed by atoms with van der Waals surface area (Å²) in [6.45, 7) is 4.81. The van der Waals surface area contributed by atoms with Crippen LogP contribution in [0.3, 0.4) is 0 Å². The molecule has 0 saturated heterocycles. The van der Waals surface area contributed by atoms with Crippen molar-refractivity contribution in [2.75, 3.05) is 20.3 Å². The van der Waals surface area contributed by atoms with E-state index in [1.807, 2.05) is 6.92 Å². The maximum Gasteiger partial charge on any atom is 0.315 e. The average Bonchev–Trinajstić information content (AvgIpc) is 2.44. The molecule has 0 spiro atoms. The highest BCUT2D eigenvalue weighted by molar-refractivity contribution is 5.78. The summed E-state index contributed by atoms with van der Waals surface area (Å²) in [5.41, 5.74) is -0.806. The van der Waals surface area contributed by atoms with Gasteiger partial charge in [-0.3, -0.25) is 4.79 Å². The lowest BCUT2D eigenvalue weighted by Gasteiger charge is -2.35. The van der Waals surface area contributed by atoms with Gasteiger partial charge >= 0.3 is 12.0 Å². The Morgan fingerprint density at radius 1 is 1.38 bits per heavy atom. The number of carboxylic acids is 1. The van der Waals surface area contributed by atoms with Gasteiger partial charge in [-0.1, -0.05) is 6.92 Å². The third kappa shape index (κ3) is 5.53. The Morgan fingerprint density at radius 3 is 2.52 bits per heavy atom. The summed E-state index contributed by atoms with van der Waals surface area (Å²) in [5, 5.41) is 15.0. The van der Waals surface area contributed by atoms with Gasteiger partial charge in [-0.05, 0) is 44.9 Å². The van der Waals surface area contributed by atoms with Crippen molar-refractivity contribution in [3.63, 3.8) is 0 Å². The number of aliphatic carboxylic acids is 1. The predicted octanol–water partition coefficient (Wildman–Crippen LogP) is 1.99. The maximum atomic E-state index is 11.8. The third-order valence-electron chi connectivity index (χ3n) is 4.40. The smallest absolute Gasteiger partial charge is 0.315 e. The van der Waals surface area contributed by atoms with Crippen molar-refractivity contribution in [1.82, 2.24) is 10.6 Å². The van der Waals surface area contributed by atoms with Gasteiger partial charge < -0.3 is 20.5 Å². The number of urea groups is 1. The van der Waals surface area contributed by atoms with Crippen LogP contribution in [0.1, 0.15) is 46.0 Å². The lowest BCUT2D eigenvalue weighted by molar-refractivity contribution is -0.151. The molecule has 6 heteroatoms. The second-order valence-corrected chi connectivity index (χ2v) is 6.28. The molecule has 0 aromatic rings. The van der Waals surface area contributed by atoms with Crippen molar-refractivity contribution >= 4 is 12.0 Å². The molecule has 0 bridgehead atoms. The van der Waals surface area contributed by atoms with E-state index >= 15 is 0 Å². The van der Waals surface area contributed by atoms with E-state index in [1.54, 1.807) is 7.11 Å². The number of carbonyl (C=O) groups excluding carboxylic acids is 1. The zero-order valence-corrected chi connectivity index (χ0v) is 13.3. The fourth-order valence-electron chi connectivity index (χ4n) is 2.67. The molecule has 6 nitrogen and oxygen atoms in total. The average molecular weight is 300 g/mol. The largest absolute Gasteiger partial charge is 0.481 e. The number of ether oxygens (including phenoxy) is 1. The molecule has 1 aliphatic rings. The van der Waals surface area contributed by atoms with Crippen LogP contribution in [0.4, 0.5) is 4.79 Å². The molecule has 3 N–H and O–H groups in total. The molecule has 0 aliphatic heterocycles. The minimum absolute atomic E-state index is 0.00268. The standard InChI is InChI=1S/C15H28N2O4/c1-11-4-7-15(8-5-11,13(18)19)10-16-14(20)17-12(2)6-9-21-3/h11-12H,4-10H2,1-3H3,(H,18,19)(H2,16,17,20). The van der Waals surface area contributed by atoms with Gasteiger partial charge in [-0.2, -0.15) is 0 Å². The minimum Gasteiger partial charge on any atom is -0.481 e. The van der Waals surface area contributed by atoms with E-state index in [4.69, 9.17) is 4.74 Å². The molecule has 0 aromatic heterocycles. The van der Waals surface area contributed by atoms with Gasteiger partial charge in [0, 0.05) is 26.3 Å². The van der Waals surface area contributed by atoms with E-state index in [-0.39, 0.29) is 18.6 Å². The quantitative estimate of drug-likeness (QED) is 0.671. The molecule has 0 aromatic carbocycles. The Morgan fingerprint density at radius 2 is 2.00 bits per heavy atom. The van der Waals surface area contributed by atoms with Gasteiger partial charge in [0.05, 0.1) is 5.41 Å². The molecular formula is C15H28N2O4. The van der Waals surface area contributed by atoms with Crippen LogP contribution in [0.25, 0.3) is 0 Å². The van der Waals surface area contributed by atoms with Crippen LogP contribution in [0, 0.1) is 11.3 Å². The molecular weight excluding hydrogens is 272 g/mol. The second kappa shape index (κ2) is 8.22. The van der Waals surface area contributed by atoms with Crippen molar-refractivity contribution in [3.05, 3.63) is 0 Å². The molecule has 0 heterocycles. The molecule has 1 unspecified atom stereocenters. The summed E-state index contributed by atoms with van der Waals surface area (Å²) < 4.78 is 4.96. The number of hydrogen-bond donors (Lipinski definition) is 3. The molecule has 1 fully saturated rings. The van der Waals surface area contributed by atoms with Crippen LogP contribution in [0.2, 0.25) is 0 Å². The van der Waals surface area contributed by atoms with Crippen LogP contribution in [0.5, 0.6) is 0 Å². The molecule has 1 saturated carbocycles. The van der Waals surface area contributed by atoms with Crippen molar-refractivity contribution < 1.29 is 19.4 Å². The van der Waals surface area contributed by atoms with Crippen LogP contribution < -0.4 is 10.6 Å².